The van der Waals surface area contributed by atoms with Crippen LogP contribution in [0, 0.1) is 17.4 Å². The zero-order valence-corrected chi connectivity index (χ0v) is 13.2. The van der Waals surface area contributed by atoms with E-state index in [1.54, 1.807) is 11.3 Å². The summed E-state index contributed by atoms with van der Waals surface area (Å²) >= 11 is 4.11. The van der Waals surface area contributed by atoms with Gasteiger partial charge >= 0.3 is 0 Å². The molecule has 0 radical (unpaired) electrons. The van der Waals surface area contributed by atoms with E-state index in [2.05, 4.69) is 77.8 Å². The SMILES string of the molecule is Cc1nc2c(C)c(-c3cccc(I)c3)ccc2s1. The third-order valence-corrected chi connectivity index (χ3v) is 4.66. The molecular weight excluding hydrogens is 353 g/mol. The van der Waals surface area contributed by atoms with Crippen molar-refractivity contribution in [2.75, 3.05) is 0 Å². The van der Waals surface area contributed by atoms with Crippen molar-refractivity contribution in [2.45, 2.75) is 13.8 Å². The molecule has 0 amide bonds. The summed E-state index contributed by atoms with van der Waals surface area (Å²) in [5.74, 6) is 0. The number of nitrogens with zero attached hydrogens (tertiary/aromatic N) is 1. The Kier molecular flexibility index (Phi) is 3.11. The average Bonchev–Trinajstić information content (AvgIpc) is 2.71. The molecule has 0 atom stereocenters. The highest BCUT2D eigenvalue weighted by Gasteiger charge is 2.09. The van der Waals surface area contributed by atoms with E-state index < -0.39 is 0 Å². The van der Waals surface area contributed by atoms with Crippen molar-refractivity contribution in [1.82, 2.24) is 4.98 Å². The van der Waals surface area contributed by atoms with E-state index in [0.29, 0.717) is 0 Å². The summed E-state index contributed by atoms with van der Waals surface area (Å²) in [5, 5.41) is 1.13. The lowest BCUT2D eigenvalue weighted by Gasteiger charge is -2.07. The third kappa shape index (κ3) is 2.06. The largest absolute Gasteiger partial charge is 0.241 e. The molecule has 90 valence electrons. The quantitative estimate of drug-likeness (QED) is 0.541. The summed E-state index contributed by atoms with van der Waals surface area (Å²) in [6, 6.07) is 13.0. The normalized spacial score (nSPS) is 11.1. The molecule has 3 heteroatoms. The second-order valence-electron chi connectivity index (χ2n) is 4.33. The van der Waals surface area contributed by atoms with E-state index in [0.717, 1.165) is 10.5 Å². The van der Waals surface area contributed by atoms with Crippen LogP contribution >= 0.6 is 33.9 Å². The number of hydrogen-bond acceptors (Lipinski definition) is 2. The van der Waals surface area contributed by atoms with Gasteiger partial charge in [0.25, 0.3) is 0 Å². The van der Waals surface area contributed by atoms with Gasteiger partial charge in [0.2, 0.25) is 0 Å². The first-order chi connectivity index (χ1) is 8.65. The van der Waals surface area contributed by atoms with Gasteiger partial charge in [-0.15, -0.1) is 11.3 Å². The van der Waals surface area contributed by atoms with E-state index >= 15 is 0 Å². The zero-order valence-electron chi connectivity index (χ0n) is 10.2. The Balaban J connectivity index is 2.26. The fraction of sp³-hybridized carbons (Fsp3) is 0.133. The second kappa shape index (κ2) is 4.63. The summed E-state index contributed by atoms with van der Waals surface area (Å²) in [6.07, 6.45) is 0. The van der Waals surface area contributed by atoms with Gasteiger partial charge in [-0.1, -0.05) is 18.2 Å². The molecule has 0 saturated heterocycles. The van der Waals surface area contributed by atoms with Crippen molar-refractivity contribution < 1.29 is 0 Å². The van der Waals surface area contributed by atoms with Crippen LogP contribution in [0.5, 0.6) is 0 Å². The van der Waals surface area contributed by atoms with Crippen LogP contribution in [-0.4, -0.2) is 4.98 Å². The summed E-state index contributed by atoms with van der Waals surface area (Å²) in [5.41, 5.74) is 4.98. The molecule has 0 aliphatic rings. The molecule has 1 aromatic heterocycles. The van der Waals surface area contributed by atoms with E-state index in [4.69, 9.17) is 0 Å². The highest BCUT2D eigenvalue weighted by atomic mass is 127. The third-order valence-electron chi connectivity index (χ3n) is 3.06. The van der Waals surface area contributed by atoms with Crippen LogP contribution < -0.4 is 0 Å². The number of thiazole rings is 1. The van der Waals surface area contributed by atoms with Crippen LogP contribution in [-0.2, 0) is 0 Å². The molecule has 1 nitrogen and oxygen atoms in total. The molecule has 0 fully saturated rings. The van der Waals surface area contributed by atoms with Gasteiger partial charge in [-0.25, -0.2) is 4.98 Å². The standard InChI is InChI=1S/C15H12INS/c1-9-13(11-4-3-5-12(16)8-11)6-7-14-15(9)17-10(2)18-14/h3-8H,1-2H3. The van der Waals surface area contributed by atoms with Crippen LogP contribution in [0.4, 0.5) is 0 Å². The van der Waals surface area contributed by atoms with Gasteiger partial charge in [0.15, 0.2) is 0 Å². The maximum Gasteiger partial charge on any atom is 0.0907 e. The van der Waals surface area contributed by atoms with Gasteiger partial charge in [0.1, 0.15) is 0 Å². The van der Waals surface area contributed by atoms with Crippen molar-refractivity contribution >= 4 is 44.1 Å². The number of aromatic nitrogens is 1. The first kappa shape index (κ1) is 12.1. The number of halogens is 1. The molecule has 0 aliphatic heterocycles. The van der Waals surface area contributed by atoms with Gasteiger partial charge in [-0.3, -0.25) is 0 Å². The highest BCUT2D eigenvalue weighted by molar-refractivity contribution is 14.1. The van der Waals surface area contributed by atoms with Gasteiger partial charge in [-0.05, 0) is 71.3 Å². The minimum atomic E-state index is 1.13. The van der Waals surface area contributed by atoms with E-state index in [1.165, 1.54) is 25.0 Å². The van der Waals surface area contributed by atoms with Gasteiger partial charge < -0.3 is 0 Å². The molecule has 0 bridgehead atoms. The molecule has 0 unspecified atom stereocenters. The smallest absolute Gasteiger partial charge is 0.0907 e. The molecule has 2 aromatic carbocycles. The monoisotopic (exact) mass is 365 g/mol. The van der Waals surface area contributed by atoms with E-state index in [1.807, 2.05) is 0 Å². The molecule has 18 heavy (non-hydrogen) atoms. The van der Waals surface area contributed by atoms with Crippen LogP contribution in [0.15, 0.2) is 36.4 Å². The first-order valence-corrected chi connectivity index (χ1v) is 7.67. The van der Waals surface area contributed by atoms with Crippen LogP contribution in [0.1, 0.15) is 10.6 Å². The minimum absolute atomic E-state index is 1.13. The van der Waals surface area contributed by atoms with Crippen molar-refractivity contribution in [3.05, 3.63) is 50.5 Å². The lowest BCUT2D eigenvalue weighted by molar-refractivity contribution is 1.32. The Bertz CT molecular complexity index is 730. The molecule has 3 rings (SSSR count). The predicted octanol–water partition coefficient (Wildman–Crippen LogP) is 5.18. The minimum Gasteiger partial charge on any atom is -0.241 e. The van der Waals surface area contributed by atoms with Crippen molar-refractivity contribution in [3.63, 3.8) is 0 Å². The van der Waals surface area contributed by atoms with Crippen molar-refractivity contribution in [3.8, 4) is 11.1 Å². The number of fused-ring (bicyclic) bond motifs is 1. The number of aryl methyl sites for hydroxylation is 2. The highest BCUT2D eigenvalue weighted by Crippen LogP contribution is 2.32. The number of benzene rings is 2. The Morgan fingerprint density at radius 1 is 1.11 bits per heavy atom. The van der Waals surface area contributed by atoms with Crippen LogP contribution in [0.25, 0.3) is 21.3 Å². The van der Waals surface area contributed by atoms with Gasteiger partial charge in [-0.2, -0.15) is 0 Å². The fourth-order valence-electron chi connectivity index (χ4n) is 2.20. The van der Waals surface area contributed by atoms with E-state index in [9.17, 15) is 0 Å². The summed E-state index contributed by atoms with van der Waals surface area (Å²) in [6.45, 7) is 4.23. The molecule has 0 spiro atoms. The maximum atomic E-state index is 4.64. The van der Waals surface area contributed by atoms with E-state index in [-0.39, 0.29) is 0 Å². The summed E-state index contributed by atoms with van der Waals surface area (Å²) < 4.78 is 2.54. The molecular formula is C15H12INS. The Morgan fingerprint density at radius 3 is 2.72 bits per heavy atom. The molecule has 0 N–H and O–H groups in total. The maximum absolute atomic E-state index is 4.64. The van der Waals surface area contributed by atoms with Crippen molar-refractivity contribution in [1.29, 1.82) is 0 Å². The first-order valence-electron chi connectivity index (χ1n) is 5.78. The zero-order chi connectivity index (χ0) is 12.7. The molecule has 0 aliphatic carbocycles. The second-order valence-corrected chi connectivity index (χ2v) is 6.81. The van der Waals surface area contributed by atoms with Gasteiger partial charge in [0, 0.05) is 3.57 Å². The lowest BCUT2D eigenvalue weighted by atomic mass is 10.00. The van der Waals surface area contributed by atoms with Gasteiger partial charge in [0.05, 0.1) is 15.2 Å². The lowest BCUT2D eigenvalue weighted by Crippen LogP contribution is -1.85. The summed E-state index contributed by atoms with van der Waals surface area (Å²) in [4.78, 5) is 4.64. The molecule has 0 saturated carbocycles. The topological polar surface area (TPSA) is 12.9 Å². The fourth-order valence-corrected chi connectivity index (χ4v) is 3.63. The van der Waals surface area contributed by atoms with Crippen LogP contribution in [0.2, 0.25) is 0 Å². The Hall–Kier alpha value is -0.940. The van der Waals surface area contributed by atoms with Crippen molar-refractivity contribution in [2.24, 2.45) is 0 Å². The number of hydrogen-bond donors (Lipinski definition) is 0. The molecule has 3 aromatic rings. The average molecular weight is 365 g/mol. The summed E-state index contributed by atoms with van der Waals surface area (Å²) in [7, 11) is 0. The van der Waals surface area contributed by atoms with Crippen LogP contribution in [0.3, 0.4) is 0 Å². The Labute approximate surface area is 124 Å². The predicted molar refractivity (Wildman–Crippen MR) is 87.2 cm³/mol. The number of rotatable bonds is 1. The molecule has 1 heterocycles. The Morgan fingerprint density at radius 2 is 1.94 bits per heavy atom.